The van der Waals surface area contributed by atoms with E-state index in [9.17, 15) is 0 Å². The normalized spacial score (nSPS) is 20.5. The Balaban J connectivity index is 2.74. The fourth-order valence-corrected chi connectivity index (χ4v) is 0.568. The molecule has 10 heavy (non-hydrogen) atoms. The van der Waals surface area contributed by atoms with Crippen molar-refractivity contribution in [2.24, 2.45) is 4.99 Å². The molecule has 0 bridgehead atoms. The Kier molecular flexibility index (Phi) is 2.07. The monoisotopic (exact) mass is 140 g/mol. The van der Waals surface area contributed by atoms with E-state index in [1.165, 1.54) is 6.21 Å². The number of allylic oxidation sites excluding steroid dienone is 1. The Hall–Kier alpha value is -1.29. The fourth-order valence-electron chi connectivity index (χ4n) is 0.568. The average molecular weight is 140 g/mol. The van der Waals surface area contributed by atoms with Crippen molar-refractivity contribution < 1.29 is 10.2 Å². The van der Waals surface area contributed by atoms with E-state index in [1.54, 1.807) is 12.4 Å². The number of hydrogen-bond acceptors (Lipinski definition) is 4. The summed E-state index contributed by atoms with van der Waals surface area (Å²) in [6, 6.07) is 0. The van der Waals surface area contributed by atoms with Gasteiger partial charge in [-0.25, -0.2) is 0 Å². The summed E-state index contributed by atoms with van der Waals surface area (Å²) in [6.07, 6.45) is 4.56. The Labute approximate surface area is 58.2 Å². The molecule has 4 nitrogen and oxygen atoms in total. The number of aliphatic hydroxyl groups is 2. The van der Waals surface area contributed by atoms with E-state index in [0.717, 1.165) is 0 Å². The topological polar surface area (TPSA) is 64.8 Å². The maximum atomic E-state index is 8.92. The molecular weight excluding hydrogens is 132 g/mol. The second-order valence-corrected chi connectivity index (χ2v) is 1.76. The van der Waals surface area contributed by atoms with E-state index in [-0.39, 0.29) is 12.4 Å². The number of aliphatic imine (C=N–C) groups is 1. The summed E-state index contributed by atoms with van der Waals surface area (Å²) in [5.41, 5.74) is 0.435. The third-order valence-electron chi connectivity index (χ3n) is 1.06. The van der Waals surface area contributed by atoms with E-state index in [0.29, 0.717) is 5.70 Å². The highest BCUT2D eigenvalue weighted by Crippen LogP contribution is 1.97. The summed E-state index contributed by atoms with van der Waals surface area (Å²) < 4.78 is 0. The molecule has 0 saturated heterocycles. The van der Waals surface area contributed by atoms with Gasteiger partial charge in [0.05, 0.1) is 11.9 Å². The number of nitrogens with zero attached hydrogens (tertiary/aromatic N) is 1. The molecule has 3 N–H and O–H groups in total. The molecule has 0 amide bonds. The first-order valence-corrected chi connectivity index (χ1v) is 2.82. The number of aliphatic hydroxyl groups excluding tert-OH is 2. The summed E-state index contributed by atoms with van der Waals surface area (Å²) in [5, 5.41) is 20.1. The van der Waals surface area contributed by atoms with Crippen LogP contribution in [0.4, 0.5) is 0 Å². The standard InChI is InChI=1S/C6H8N2O2/c9-4-6(10)5-3-7-1-2-8-5/h1-3,8-10H,4H2. The quantitative estimate of drug-likeness (QED) is 0.445. The molecule has 1 heterocycles. The van der Waals surface area contributed by atoms with Crippen LogP contribution in [0.5, 0.6) is 0 Å². The van der Waals surface area contributed by atoms with Crippen LogP contribution >= 0.6 is 0 Å². The average Bonchev–Trinajstić information content (AvgIpc) is 2.05. The van der Waals surface area contributed by atoms with Gasteiger partial charge in [-0.1, -0.05) is 0 Å². The third kappa shape index (κ3) is 1.35. The van der Waals surface area contributed by atoms with Crippen LogP contribution in [0.25, 0.3) is 0 Å². The van der Waals surface area contributed by atoms with Crippen LogP contribution in [0, 0.1) is 0 Å². The molecule has 0 spiro atoms. The first kappa shape index (κ1) is 6.82. The molecule has 0 radical (unpaired) electrons. The molecule has 0 atom stereocenters. The van der Waals surface area contributed by atoms with Crippen molar-refractivity contribution in [3.05, 3.63) is 23.9 Å². The molecule has 1 rings (SSSR count). The molecule has 0 unspecified atom stereocenters. The largest absolute Gasteiger partial charge is 0.508 e. The van der Waals surface area contributed by atoms with E-state index in [2.05, 4.69) is 10.3 Å². The number of rotatable bonds is 1. The highest BCUT2D eigenvalue weighted by molar-refractivity contribution is 5.80. The highest BCUT2D eigenvalue weighted by Gasteiger charge is 2.00. The zero-order chi connectivity index (χ0) is 7.40. The SMILES string of the molecule is OCC(O)=C1C=NC=CN1. The van der Waals surface area contributed by atoms with Crippen LogP contribution in [0.3, 0.4) is 0 Å². The Bertz CT molecular complexity index is 206. The van der Waals surface area contributed by atoms with Crippen molar-refractivity contribution in [3.8, 4) is 0 Å². The first-order valence-electron chi connectivity index (χ1n) is 2.82. The molecule has 0 saturated carbocycles. The summed E-state index contributed by atoms with van der Waals surface area (Å²) in [5.74, 6) is -0.104. The minimum absolute atomic E-state index is 0.104. The molecule has 1 aliphatic rings. The van der Waals surface area contributed by atoms with Crippen molar-refractivity contribution >= 4 is 6.21 Å². The van der Waals surface area contributed by atoms with Gasteiger partial charge in [0.2, 0.25) is 0 Å². The fraction of sp³-hybridized carbons (Fsp3) is 0.167. The highest BCUT2D eigenvalue weighted by atomic mass is 16.3. The van der Waals surface area contributed by atoms with E-state index in [4.69, 9.17) is 10.2 Å². The van der Waals surface area contributed by atoms with Gasteiger partial charge in [-0.05, 0) is 0 Å². The van der Waals surface area contributed by atoms with Crippen LogP contribution in [-0.4, -0.2) is 23.0 Å². The predicted octanol–water partition coefficient (Wildman–Crippen LogP) is -0.106. The van der Waals surface area contributed by atoms with Crippen LogP contribution < -0.4 is 5.32 Å². The van der Waals surface area contributed by atoms with Crippen molar-refractivity contribution in [2.45, 2.75) is 0 Å². The first-order chi connectivity index (χ1) is 4.84. The van der Waals surface area contributed by atoms with Crippen LogP contribution in [0.1, 0.15) is 0 Å². The summed E-state index contributed by atoms with van der Waals surface area (Å²) in [6.45, 7) is -0.373. The van der Waals surface area contributed by atoms with Crippen molar-refractivity contribution in [2.75, 3.05) is 6.61 Å². The molecule has 0 aromatic rings. The van der Waals surface area contributed by atoms with Gasteiger partial charge in [-0.2, -0.15) is 0 Å². The predicted molar refractivity (Wildman–Crippen MR) is 37.5 cm³/mol. The van der Waals surface area contributed by atoms with E-state index >= 15 is 0 Å². The Morgan fingerprint density at radius 1 is 1.70 bits per heavy atom. The van der Waals surface area contributed by atoms with Crippen LogP contribution in [-0.2, 0) is 0 Å². The molecule has 54 valence electrons. The molecule has 1 aliphatic heterocycles. The molecule has 0 aliphatic carbocycles. The maximum absolute atomic E-state index is 8.92. The second-order valence-electron chi connectivity index (χ2n) is 1.76. The maximum Gasteiger partial charge on any atom is 0.143 e. The molecule has 0 aromatic carbocycles. The zero-order valence-corrected chi connectivity index (χ0v) is 5.28. The lowest BCUT2D eigenvalue weighted by molar-refractivity contribution is 0.250. The lowest BCUT2D eigenvalue weighted by Crippen LogP contribution is -2.13. The van der Waals surface area contributed by atoms with E-state index in [1.807, 2.05) is 0 Å². The van der Waals surface area contributed by atoms with Crippen molar-refractivity contribution in [1.82, 2.24) is 5.32 Å². The van der Waals surface area contributed by atoms with Crippen LogP contribution in [0.2, 0.25) is 0 Å². The van der Waals surface area contributed by atoms with Gasteiger partial charge in [-0.15, -0.1) is 0 Å². The van der Waals surface area contributed by atoms with E-state index < -0.39 is 0 Å². The van der Waals surface area contributed by atoms with Gasteiger partial charge < -0.3 is 15.5 Å². The number of nitrogens with one attached hydrogen (secondary N) is 1. The Morgan fingerprint density at radius 2 is 2.50 bits per heavy atom. The smallest absolute Gasteiger partial charge is 0.143 e. The molecule has 0 fully saturated rings. The lowest BCUT2D eigenvalue weighted by Gasteiger charge is -2.05. The summed E-state index contributed by atoms with van der Waals surface area (Å²) in [7, 11) is 0. The molecule has 0 aromatic heterocycles. The van der Waals surface area contributed by atoms with Crippen LogP contribution in [0.15, 0.2) is 28.8 Å². The number of hydrogen-bond donors (Lipinski definition) is 3. The summed E-state index contributed by atoms with van der Waals surface area (Å²) >= 11 is 0. The zero-order valence-electron chi connectivity index (χ0n) is 5.28. The van der Waals surface area contributed by atoms with Gasteiger partial charge in [0.25, 0.3) is 0 Å². The van der Waals surface area contributed by atoms with Gasteiger partial charge >= 0.3 is 0 Å². The van der Waals surface area contributed by atoms with Gasteiger partial charge in [-0.3, -0.25) is 4.99 Å². The van der Waals surface area contributed by atoms with Gasteiger partial charge in [0, 0.05) is 12.4 Å². The Morgan fingerprint density at radius 3 is 3.00 bits per heavy atom. The lowest BCUT2D eigenvalue weighted by atomic mass is 10.3. The minimum Gasteiger partial charge on any atom is -0.508 e. The molecule has 4 heteroatoms. The third-order valence-corrected chi connectivity index (χ3v) is 1.06. The molecular formula is C6H8N2O2. The van der Waals surface area contributed by atoms with Gasteiger partial charge in [0.1, 0.15) is 12.4 Å². The second kappa shape index (κ2) is 3.03. The van der Waals surface area contributed by atoms with Crippen molar-refractivity contribution in [3.63, 3.8) is 0 Å². The van der Waals surface area contributed by atoms with Crippen molar-refractivity contribution in [1.29, 1.82) is 0 Å². The van der Waals surface area contributed by atoms with Gasteiger partial charge in [0.15, 0.2) is 0 Å². The minimum atomic E-state index is -0.373. The summed E-state index contributed by atoms with van der Waals surface area (Å²) in [4.78, 5) is 3.73.